The number of carbonyl (C=O) groups is 2. The first-order valence-corrected chi connectivity index (χ1v) is 6.40. The Morgan fingerprint density at radius 3 is 2.56 bits per heavy atom. The van der Waals surface area contributed by atoms with Gasteiger partial charge in [0.2, 0.25) is 5.91 Å². The predicted octanol–water partition coefficient (Wildman–Crippen LogP) is 0.125. The van der Waals surface area contributed by atoms with Crippen LogP contribution in [0.3, 0.4) is 0 Å². The average Bonchev–Trinajstić information content (AvgIpc) is 2.37. The minimum atomic E-state index is -1.15. The van der Waals surface area contributed by atoms with E-state index in [0.29, 0.717) is 26.0 Å². The van der Waals surface area contributed by atoms with Crippen molar-refractivity contribution in [1.82, 2.24) is 10.6 Å². The number of hydrogen-bond donors (Lipinski definition) is 3. The van der Waals surface area contributed by atoms with E-state index in [0.717, 1.165) is 6.54 Å². The Labute approximate surface area is 107 Å². The molecule has 0 radical (unpaired) electrons. The average molecular weight is 258 g/mol. The lowest BCUT2D eigenvalue weighted by molar-refractivity contribution is -0.148. The third kappa shape index (κ3) is 3.68. The maximum atomic E-state index is 11.9. The maximum Gasteiger partial charge on any atom is 0.329 e. The van der Waals surface area contributed by atoms with Crippen LogP contribution in [0.2, 0.25) is 0 Å². The molecule has 1 atom stereocenters. The molecular formula is C12H22N2O4. The Kier molecular flexibility index (Phi) is 5.55. The Hall–Kier alpha value is -1.14. The molecule has 1 saturated heterocycles. The predicted molar refractivity (Wildman–Crippen MR) is 66.3 cm³/mol. The van der Waals surface area contributed by atoms with Crippen molar-refractivity contribution >= 4 is 11.9 Å². The normalized spacial score (nSPS) is 20.4. The number of ether oxygens (including phenoxy) is 1. The lowest BCUT2D eigenvalue weighted by Crippen LogP contribution is -2.54. The molecule has 0 aliphatic carbocycles. The van der Waals surface area contributed by atoms with Crippen molar-refractivity contribution in [3.8, 4) is 0 Å². The molecule has 0 spiro atoms. The molecular weight excluding hydrogens is 236 g/mol. The Morgan fingerprint density at radius 2 is 2.11 bits per heavy atom. The quantitative estimate of drug-likeness (QED) is 0.630. The van der Waals surface area contributed by atoms with E-state index in [2.05, 4.69) is 10.6 Å². The molecule has 1 aliphatic heterocycles. The minimum absolute atomic E-state index is 0.168. The molecule has 104 valence electrons. The van der Waals surface area contributed by atoms with E-state index in [9.17, 15) is 14.7 Å². The topological polar surface area (TPSA) is 87.7 Å². The number of carbonyl (C=O) groups excluding carboxylic acids is 1. The third-order valence-electron chi connectivity index (χ3n) is 3.41. The summed E-state index contributed by atoms with van der Waals surface area (Å²) in [5, 5.41) is 15.0. The number of carboxylic acids is 1. The van der Waals surface area contributed by atoms with Crippen molar-refractivity contribution in [3.05, 3.63) is 0 Å². The monoisotopic (exact) mass is 258 g/mol. The molecule has 0 aromatic carbocycles. The van der Waals surface area contributed by atoms with Gasteiger partial charge < -0.3 is 20.5 Å². The fourth-order valence-corrected chi connectivity index (χ4v) is 2.06. The lowest BCUT2D eigenvalue weighted by atomic mass is 9.92. The summed E-state index contributed by atoms with van der Waals surface area (Å²) in [5.41, 5.74) is -1.15. The molecule has 0 saturated carbocycles. The summed E-state index contributed by atoms with van der Waals surface area (Å²) in [7, 11) is 0. The van der Waals surface area contributed by atoms with Gasteiger partial charge in [-0.05, 0) is 12.8 Å². The van der Waals surface area contributed by atoms with Gasteiger partial charge in [0.1, 0.15) is 5.54 Å². The largest absolute Gasteiger partial charge is 0.480 e. The number of carboxylic acid groups (broad SMARTS) is 1. The Bertz CT molecular complexity index is 296. The highest BCUT2D eigenvalue weighted by Gasteiger charge is 2.36. The Balaban J connectivity index is 2.53. The first-order valence-electron chi connectivity index (χ1n) is 6.40. The molecule has 6 nitrogen and oxygen atoms in total. The van der Waals surface area contributed by atoms with Gasteiger partial charge in [0.15, 0.2) is 0 Å². The van der Waals surface area contributed by atoms with E-state index in [1.54, 1.807) is 13.8 Å². The van der Waals surface area contributed by atoms with Gasteiger partial charge in [-0.25, -0.2) is 4.79 Å². The molecule has 1 aliphatic rings. The standard InChI is InChI=1S/C12H22N2O4/c1-3-12(4-2,11(16)17)14-10(15)7-9-8-13-5-6-18-9/h9,13H,3-8H2,1-2H3,(H,14,15)(H,16,17). The number of rotatable bonds is 6. The van der Waals surface area contributed by atoms with Gasteiger partial charge in [0.25, 0.3) is 0 Å². The van der Waals surface area contributed by atoms with Crippen LogP contribution in [0.4, 0.5) is 0 Å². The molecule has 1 rings (SSSR count). The van der Waals surface area contributed by atoms with Crippen LogP contribution in [0, 0.1) is 0 Å². The second kappa shape index (κ2) is 6.70. The smallest absolute Gasteiger partial charge is 0.329 e. The van der Waals surface area contributed by atoms with Crippen LogP contribution < -0.4 is 10.6 Å². The molecule has 6 heteroatoms. The summed E-state index contributed by atoms with van der Waals surface area (Å²) >= 11 is 0. The van der Waals surface area contributed by atoms with Gasteiger partial charge in [-0.3, -0.25) is 4.79 Å². The molecule has 1 unspecified atom stereocenters. The molecule has 1 fully saturated rings. The zero-order valence-electron chi connectivity index (χ0n) is 11.0. The van der Waals surface area contributed by atoms with E-state index in [1.165, 1.54) is 0 Å². The highest BCUT2D eigenvalue weighted by atomic mass is 16.5. The summed E-state index contributed by atoms with van der Waals surface area (Å²) in [6, 6.07) is 0. The van der Waals surface area contributed by atoms with Gasteiger partial charge in [0.05, 0.1) is 19.1 Å². The molecule has 0 aromatic heterocycles. The van der Waals surface area contributed by atoms with Gasteiger partial charge in [0, 0.05) is 13.1 Å². The van der Waals surface area contributed by atoms with Gasteiger partial charge in [-0.1, -0.05) is 13.8 Å². The van der Waals surface area contributed by atoms with Crippen molar-refractivity contribution in [2.75, 3.05) is 19.7 Å². The van der Waals surface area contributed by atoms with Crippen molar-refractivity contribution in [1.29, 1.82) is 0 Å². The van der Waals surface area contributed by atoms with E-state index in [1.807, 2.05) is 0 Å². The summed E-state index contributed by atoms with van der Waals surface area (Å²) in [5.74, 6) is -1.25. The first kappa shape index (κ1) is 14.9. The molecule has 0 aromatic rings. The summed E-state index contributed by atoms with van der Waals surface area (Å²) in [6.45, 7) is 5.53. The SMILES string of the molecule is CCC(CC)(NC(=O)CC1CNCCO1)C(=O)O. The molecule has 0 bridgehead atoms. The highest BCUT2D eigenvalue weighted by Crippen LogP contribution is 2.16. The summed E-state index contributed by atoms with van der Waals surface area (Å²) in [6.07, 6.45) is 0.768. The number of nitrogens with one attached hydrogen (secondary N) is 2. The van der Waals surface area contributed by atoms with Crippen molar-refractivity contribution in [2.45, 2.75) is 44.8 Å². The van der Waals surface area contributed by atoms with Crippen molar-refractivity contribution < 1.29 is 19.4 Å². The van der Waals surface area contributed by atoms with Crippen molar-refractivity contribution in [2.24, 2.45) is 0 Å². The fourth-order valence-electron chi connectivity index (χ4n) is 2.06. The van der Waals surface area contributed by atoms with Crippen LogP contribution in [-0.2, 0) is 14.3 Å². The Morgan fingerprint density at radius 1 is 1.44 bits per heavy atom. The molecule has 3 N–H and O–H groups in total. The lowest BCUT2D eigenvalue weighted by Gasteiger charge is -2.29. The van der Waals surface area contributed by atoms with E-state index < -0.39 is 11.5 Å². The zero-order valence-corrected chi connectivity index (χ0v) is 11.0. The van der Waals surface area contributed by atoms with Gasteiger partial charge in [-0.15, -0.1) is 0 Å². The van der Waals surface area contributed by atoms with Crippen LogP contribution in [-0.4, -0.2) is 48.3 Å². The van der Waals surface area contributed by atoms with E-state index >= 15 is 0 Å². The highest BCUT2D eigenvalue weighted by molar-refractivity contribution is 5.87. The molecule has 1 amide bonds. The summed E-state index contributed by atoms with van der Waals surface area (Å²) < 4.78 is 5.42. The van der Waals surface area contributed by atoms with E-state index in [-0.39, 0.29) is 18.4 Å². The minimum Gasteiger partial charge on any atom is -0.480 e. The second-order valence-corrected chi connectivity index (χ2v) is 4.54. The number of aliphatic carboxylic acids is 1. The third-order valence-corrected chi connectivity index (χ3v) is 3.41. The first-order chi connectivity index (χ1) is 8.54. The van der Waals surface area contributed by atoms with E-state index in [4.69, 9.17) is 4.74 Å². The van der Waals surface area contributed by atoms with Gasteiger partial charge in [-0.2, -0.15) is 0 Å². The van der Waals surface area contributed by atoms with Crippen LogP contribution in [0.15, 0.2) is 0 Å². The zero-order chi connectivity index (χ0) is 13.6. The number of amides is 1. The molecule has 18 heavy (non-hydrogen) atoms. The fraction of sp³-hybridized carbons (Fsp3) is 0.833. The second-order valence-electron chi connectivity index (χ2n) is 4.54. The van der Waals surface area contributed by atoms with Crippen LogP contribution in [0.5, 0.6) is 0 Å². The number of morpholine rings is 1. The maximum absolute atomic E-state index is 11.9. The number of hydrogen-bond acceptors (Lipinski definition) is 4. The van der Waals surface area contributed by atoms with Crippen molar-refractivity contribution in [3.63, 3.8) is 0 Å². The molecule has 1 heterocycles. The van der Waals surface area contributed by atoms with Crippen LogP contribution in [0.25, 0.3) is 0 Å². The van der Waals surface area contributed by atoms with Crippen LogP contribution in [0.1, 0.15) is 33.1 Å². The van der Waals surface area contributed by atoms with Gasteiger partial charge >= 0.3 is 5.97 Å². The van der Waals surface area contributed by atoms with Crippen LogP contribution >= 0.6 is 0 Å². The summed E-state index contributed by atoms with van der Waals surface area (Å²) in [4.78, 5) is 23.1.